The lowest BCUT2D eigenvalue weighted by Gasteiger charge is -2.31. The molecule has 1 aromatic rings. The average molecular weight is 286 g/mol. The molecule has 0 N–H and O–H groups in total. The summed E-state index contributed by atoms with van der Waals surface area (Å²) in [5, 5.41) is 7.54. The second-order valence-corrected chi connectivity index (χ2v) is 4.26. The highest BCUT2D eigenvalue weighted by molar-refractivity contribution is 6.29. The predicted molar refractivity (Wildman–Crippen MR) is 64.7 cm³/mol. The van der Waals surface area contributed by atoms with Crippen LogP contribution in [-0.4, -0.2) is 59.9 Å². The number of nitrogens with zero attached hydrogens (tertiary/aromatic N) is 3. The van der Waals surface area contributed by atoms with E-state index in [1.807, 2.05) is 0 Å². The van der Waals surface area contributed by atoms with Gasteiger partial charge in [0.05, 0.1) is 20.3 Å². The van der Waals surface area contributed by atoms with Gasteiger partial charge in [-0.05, 0) is 12.1 Å². The number of carbonyl (C=O) groups is 2. The van der Waals surface area contributed by atoms with Crippen LogP contribution < -0.4 is 0 Å². The van der Waals surface area contributed by atoms with Gasteiger partial charge in [-0.3, -0.25) is 4.79 Å². The molecule has 0 bridgehead atoms. The normalized spacial score (nSPS) is 19.1. The van der Waals surface area contributed by atoms with Gasteiger partial charge in [-0.2, -0.15) is 0 Å². The van der Waals surface area contributed by atoms with E-state index in [4.69, 9.17) is 16.3 Å². The number of esters is 1. The van der Waals surface area contributed by atoms with Crippen molar-refractivity contribution < 1.29 is 19.1 Å². The third kappa shape index (κ3) is 3.18. The molecule has 8 heteroatoms. The lowest BCUT2D eigenvalue weighted by molar-refractivity contribution is -0.158. The van der Waals surface area contributed by atoms with Crippen LogP contribution in [0, 0.1) is 0 Å². The summed E-state index contributed by atoms with van der Waals surface area (Å²) >= 11 is 5.61. The second kappa shape index (κ2) is 5.94. The Morgan fingerprint density at radius 2 is 2.26 bits per heavy atom. The average Bonchev–Trinajstić information content (AvgIpc) is 2.46. The fourth-order valence-corrected chi connectivity index (χ4v) is 1.80. The molecule has 2 rings (SSSR count). The number of ether oxygens (including phenoxy) is 2. The van der Waals surface area contributed by atoms with E-state index in [-0.39, 0.29) is 29.9 Å². The molecule has 1 amide bonds. The molecule has 7 nitrogen and oxygen atoms in total. The van der Waals surface area contributed by atoms with E-state index in [0.29, 0.717) is 6.54 Å². The highest BCUT2D eigenvalue weighted by Gasteiger charge is 2.30. The minimum atomic E-state index is -0.761. The van der Waals surface area contributed by atoms with Crippen LogP contribution in [0.3, 0.4) is 0 Å². The molecule has 2 heterocycles. The monoisotopic (exact) mass is 285 g/mol. The van der Waals surface area contributed by atoms with E-state index in [1.165, 1.54) is 24.1 Å². The van der Waals surface area contributed by atoms with Gasteiger partial charge in [0.2, 0.25) is 0 Å². The Kier molecular flexibility index (Phi) is 4.28. The summed E-state index contributed by atoms with van der Waals surface area (Å²) in [4.78, 5) is 25.0. The van der Waals surface area contributed by atoms with Crippen molar-refractivity contribution in [2.45, 2.75) is 6.10 Å². The van der Waals surface area contributed by atoms with E-state index in [1.54, 1.807) is 0 Å². The number of halogens is 1. The minimum absolute atomic E-state index is 0.135. The van der Waals surface area contributed by atoms with Crippen LogP contribution >= 0.6 is 11.6 Å². The molecular weight excluding hydrogens is 274 g/mol. The van der Waals surface area contributed by atoms with Crippen LogP contribution in [0.4, 0.5) is 0 Å². The summed E-state index contributed by atoms with van der Waals surface area (Å²) < 4.78 is 9.83. The molecular formula is C11H12ClN3O4. The molecule has 0 aliphatic carbocycles. The van der Waals surface area contributed by atoms with Crippen molar-refractivity contribution in [3.8, 4) is 0 Å². The zero-order valence-corrected chi connectivity index (χ0v) is 11.0. The third-order valence-corrected chi connectivity index (χ3v) is 2.87. The first kappa shape index (κ1) is 13.7. The van der Waals surface area contributed by atoms with Gasteiger partial charge in [-0.1, -0.05) is 11.6 Å². The molecule has 0 saturated carbocycles. The van der Waals surface area contributed by atoms with E-state index >= 15 is 0 Å². The molecule has 0 spiro atoms. The van der Waals surface area contributed by atoms with E-state index in [0.717, 1.165) is 0 Å². The molecule has 1 aliphatic rings. The SMILES string of the molecule is COC(=O)C1CN(C(=O)c2ccc(Cl)nn2)CCO1. The van der Waals surface area contributed by atoms with Gasteiger partial charge in [0.1, 0.15) is 0 Å². The van der Waals surface area contributed by atoms with Crippen LogP contribution in [-0.2, 0) is 14.3 Å². The smallest absolute Gasteiger partial charge is 0.336 e. The molecule has 1 atom stereocenters. The number of morpholine rings is 1. The van der Waals surface area contributed by atoms with Crippen molar-refractivity contribution in [1.82, 2.24) is 15.1 Å². The molecule has 1 saturated heterocycles. The van der Waals surface area contributed by atoms with Gasteiger partial charge in [0.25, 0.3) is 5.91 Å². The Morgan fingerprint density at radius 1 is 1.47 bits per heavy atom. The summed E-state index contributed by atoms with van der Waals surface area (Å²) in [5.41, 5.74) is 0.176. The highest BCUT2D eigenvalue weighted by Crippen LogP contribution is 2.11. The Balaban J connectivity index is 2.06. The molecule has 19 heavy (non-hydrogen) atoms. The summed E-state index contributed by atoms with van der Waals surface area (Å²) in [7, 11) is 1.27. The van der Waals surface area contributed by atoms with Crippen LogP contribution in [0.2, 0.25) is 5.15 Å². The van der Waals surface area contributed by atoms with Crippen LogP contribution in [0.5, 0.6) is 0 Å². The quantitative estimate of drug-likeness (QED) is 0.719. The Labute approximate surface area is 114 Å². The second-order valence-electron chi connectivity index (χ2n) is 3.88. The number of hydrogen-bond acceptors (Lipinski definition) is 6. The Bertz CT molecular complexity index is 479. The minimum Gasteiger partial charge on any atom is -0.467 e. The third-order valence-electron chi connectivity index (χ3n) is 2.67. The van der Waals surface area contributed by atoms with Gasteiger partial charge >= 0.3 is 5.97 Å². The van der Waals surface area contributed by atoms with Crippen LogP contribution in [0.15, 0.2) is 12.1 Å². The zero-order valence-electron chi connectivity index (χ0n) is 10.2. The summed E-state index contributed by atoms with van der Waals surface area (Å²) in [6.07, 6.45) is -0.761. The lowest BCUT2D eigenvalue weighted by Crippen LogP contribution is -2.49. The topological polar surface area (TPSA) is 81.6 Å². The molecule has 102 valence electrons. The van der Waals surface area contributed by atoms with Gasteiger partial charge in [-0.25, -0.2) is 4.79 Å². The van der Waals surface area contributed by atoms with Crippen LogP contribution in [0.1, 0.15) is 10.5 Å². The number of carbonyl (C=O) groups excluding carboxylic acids is 2. The maximum Gasteiger partial charge on any atom is 0.336 e. The van der Waals surface area contributed by atoms with Gasteiger partial charge in [0, 0.05) is 6.54 Å². The summed E-state index contributed by atoms with van der Waals surface area (Å²) in [5.74, 6) is -0.818. The number of amides is 1. The molecule has 1 aromatic heterocycles. The van der Waals surface area contributed by atoms with Crippen LogP contribution in [0.25, 0.3) is 0 Å². The van der Waals surface area contributed by atoms with Gasteiger partial charge < -0.3 is 14.4 Å². The number of hydrogen-bond donors (Lipinski definition) is 0. The van der Waals surface area contributed by atoms with Crippen molar-refractivity contribution in [3.63, 3.8) is 0 Å². The van der Waals surface area contributed by atoms with Crippen molar-refractivity contribution in [2.75, 3.05) is 26.8 Å². The largest absolute Gasteiger partial charge is 0.467 e. The van der Waals surface area contributed by atoms with Crippen molar-refractivity contribution in [1.29, 1.82) is 0 Å². The molecule has 0 aromatic carbocycles. The lowest BCUT2D eigenvalue weighted by atomic mass is 10.2. The summed E-state index contributed by atoms with van der Waals surface area (Å²) in [6.45, 7) is 0.791. The first-order chi connectivity index (χ1) is 9.11. The first-order valence-corrected chi connectivity index (χ1v) is 5.97. The number of aromatic nitrogens is 2. The number of methoxy groups -OCH3 is 1. The van der Waals surface area contributed by atoms with Crippen molar-refractivity contribution in [3.05, 3.63) is 23.0 Å². The number of rotatable bonds is 2. The van der Waals surface area contributed by atoms with Crippen molar-refractivity contribution in [2.24, 2.45) is 0 Å². The van der Waals surface area contributed by atoms with Crippen molar-refractivity contribution >= 4 is 23.5 Å². The molecule has 1 fully saturated rings. The molecule has 1 unspecified atom stereocenters. The fraction of sp³-hybridized carbons (Fsp3) is 0.455. The predicted octanol–water partition coefficient (Wildman–Crippen LogP) is 0.144. The Morgan fingerprint density at radius 3 is 2.89 bits per heavy atom. The molecule has 1 aliphatic heterocycles. The van der Waals surface area contributed by atoms with Gasteiger partial charge in [-0.15, -0.1) is 10.2 Å². The van der Waals surface area contributed by atoms with Gasteiger partial charge in [0.15, 0.2) is 17.0 Å². The maximum absolute atomic E-state index is 12.1. The highest BCUT2D eigenvalue weighted by atomic mass is 35.5. The maximum atomic E-state index is 12.1. The standard InChI is InChI=1S/C11H12ClN3O4/c1-18-11(17)8-6-15(4-5-19-8)10(16)7-2-3-9(12)14-13-7/h2-3,8H,4-6H2,1H3. The summed E-state index contributed by atoms with van der Waals surface area (Å²) in [6, 6.07) is 2.97. The first-order valence-electron chi connectivity index (χ1n) is 5.59. The zero-order chi connectivity index (χ0) is 13.8. The Hall–Kier alpha value is -1.73. The molecule has 0 radical (unpaired) electrons. The van der Waals surface area contributed by atoms with E-state index in [9.17, 15) is 9.59 Å². The van der Waals surface area contributed by atoms with E-state index < -0.39 is 12.1 Å². The van der Waals surface area contributed by atoms with E-state index in [2.05, 4.69) is 14.9 Å². The fourth-order valence-electron chi connectivity index (χ4n) is 1.70.